The van der Waals surface area contributed by atoms with Gasteiger partial charge in [-0.3, -0.25) is 9.05 Å². The molecule has 0 spiro atoms. The van der Waals surface area contributed by atoms with Crippen LogP contribution in [0.15, 0.2) is 0 Å². The summed E-state index contributed by atoms with van der Waals surface area (Å²) in [5.41, 5.74) is 0. The van der Waals surface area contributed by atoms with Crippen LogP contribution >= 0.6 is 23.8 Å². The lowest BCUT2D eigenvalue weighted by molar-refractivity contribution is -0.201. The van der Waals surface area contributed by atoms with E-state index in [4.69, 9.17) is 14.2 Å². The minimum Gasteiger partial charge on any atom is -0.395 e. The Hall–Kier alpha value is 0.470. The number of alkyl halides is 1. The van der Waals surface area contributed by atoms with Gasteiger partial charge in [-0.1, -0.05) is 15.9 Å². The molecule has 0 aliphatic heterocycles. The van der Waals surface area contributed by atoms with Crippen LogP contribution in [0.4, 0.5) is 0 Å². The standard InChI is InChI=1S/C7H17BrNO6P/c1-9-3-4-13-16(11,15-12-2)14-6-7(8)5-10/h7,9-10H,3-6H2,1-2H3. The minimum atomic E-state index is -3.72. The SMILES string of the molecule is CNCCOP(=O)(OCC(Br)CO)OOC. The first-order valence-corrected chi connectivity index (χ1v) is 6.96. The number of phosphoric ester groups is 1. The fourth-order valence-electron chi connectivity index (χ4n) is 0.656. The molecule has 7 nitrogen and oxygen atoms in total. The molecule has 0 aromatic carbocycles. The van der Waals surface area contributed by atoms with Crippen LogP contribution in [0.5, 0.6) is 0 Å². The molecule has 16 heavy (non-hydrogen) atoms. The van der Waals surface area contributed by atoms with Gasteiger partial charge in [0.2, 0.25) is 0 Å². The first-order valence-electron chi connectivity index (χ1n) is 4.59. The van der Waals surface area contributed by atoms with Crippen molar-refractivity contribution in [1.82, 2.24) is 5.32 Å². The molecule has 0 aromatic heterocycles. The molecule has 0 heterocycles. The van der Waals surface area contributed by atoms with E-state index < -0.39 is 7.82 Å². The maximum absolute atomic E-state index is 11.8. The fraction of sp³-hybridized carbons (Fsp3) is 1.00. The Morgan fingerprint density at radius 1 is 1.50 bits per heavy atom. The summed E-state index contributed by atoms with van der Waals surface area (Å²) >= 11 is 3.10. The molecule has 9 heteroatoms. The van der Waals surface area contributed by atoms with Crippen molar-refractivity contribution >= 4 is 23.8 Å². The molecule has 0 saturated heterocycles. The highest BCUT2D eigenvalue weighted by Gasteiger charge is 2.28. The number of aliphatic hydroxyl groups excluding tert-OH is 1. The molecule has 2 unspecified atom stereocenters. The third kappa shape index (κ3) is 7.70. The average Bonchev–Trinajstić information content (AvgIpc) is 2.27. The normalized spacial score (nSPS) is 17.0. The summed E-state index contributed by atoms with van der Waals surface area (Å²) in [6.07, 6.45) is 0. The highest BCUT2D eigenvalue weighted by molar-refractivity contribution is 9.09. The zero-order chi connectivity index (χ0) is 12.4. The Labute approximate surface area is 103 Å². The van der Waals surface area contributed by atoms with E-state index in [2.05, 4.69) is 30.8 Å². The topological polar surface area (TPSA) is 86.3 Å². The molecule has 0 aliphatic rings. The molecule has 0 saturated carbocycles. The molecule has 0 bridgehead atoms. The Morgan fingerprint density at radius 3 is 2.69 bits per heavy atom. The summed E-state index contributed by atoms with van der Waals surface area (Å²) in [5.74, 6) is 0. The van der Waals surface area contributed by atoms with Crippen molar-refractivity contribution in [1.29, 1.82) is 0 Å². The maximum Gasteiger partial charge on any atom is 0.502 e. The van der Waals surface area contributed by atoms with Crippen molar-refractivity contribution in [3.63, 3.8) is 0 Å². The molecule has 2 N–H and O–H groups in total. The monoisotopic (exact) mass is 321 g/mol. The van der Waals surface area contributed by atoms with E-state index in [1.807, 2.05) is 0 Å². The van der Waals surface area contributed by atoms with Gasteiger partial charge in [0.15, 0.2) is 0 Å². The number of hydrogen-bond acceptors (Lipinski definition) is 7. The van der Waals surface area contributed by atoms with Crippen LogP contribution in [-0.4, -0.2) is 50.5 Å². The van der Waals surface area contributed by atoms with Gasteiger partial charge in [0, 0.05) is 6.54 Å². The van der Waals surface area contributed by atoms with E-state index in [0.717, 1.165) is 0 Å². The Morgan fingerprint density at radius 2 is 2.19 bits per heavy atom. The molecule has 0 aliphatic carbocycles. The van der Waals surface area contributed by atoms with E-state index in [-0.39, 0.29) is 24.6 Å². The van der Waals surface area contributed by atoms with Crippen molar-refractivity contribution in [2.45, 2.75) is 4.83 Å². The zero-order valence-corrected chi connectivity index (χ0v) is 11.7. The Kier molecular flexibility index (Phi) is 9.77. The molecule has 0 amide bonds. The molecular weight excluding hydrogens is 305 g/mol. The number of halogens is 1. The van der Waals surface area contributed by atoms with Crippen molar-refractivity contribution < 1.29 is 28.3 Å². The summed E-state index contributed by atoms with van der Waals surface area (Å²) in [7, 11) is -0.787. The smallest absolute Gasteiger partial charge is 0.395 e. The van der Waals surface area contributed by atoms with Gasteiger partial charge in [-0.15, -0.1) is 4.67 Å². The molecule has 98 valence electrons. The fourth-order valence-corrected chi connectivity index (χ4v) is 2.01. The summed E-state index contributed by atoms with van der Waals surface area (Å²) in [6, 6.07) is 0. The van der Waals surface area contributed by atoms with E-state index in [1.54, 1.807) is 7.05 Å². The van der Waals surface area contributed by atoms with Crippen LogP contribution in [0, 0.1) is 0 Å². The quantitative estimate of drug-likeness (QED) is 0.201. The van der Waals surface area contributed by atoms with Crippen molar-refractivity contribution in [3.05, 3.63) is 0 Å². The highest BCUT2D eigenvalue weighted by Crippen LogP contribution is 2.49. The number of likely N-dealkylation sites (N-methyl/N-ethyl adjacent to an activating group) is 1. The van der Waals surface area contributed by atoms with Crippen LogP contribution in [-0.2, 0) is 23.2 Å². The highest BCUT2D eigenvalue weighted by atomic mass is 79.9. The summed E-state index contributed by atoms with van der Waals surface area (Å²) in [6.45, 7) is 0.488. The van der Waals surface area contributed by atoms with Crippen molar-refractivity contribution in [3.8, 4) is 0 Å². The lowest BCUT2D eigenvalue weighted by atomic mass is 10.5. The van der Waals surface area contributed by atoms with Gasteiger partial charge in [0.05, 0.1) is 31.8 Å². The van der Waals surface area contributed by atoms with Gasteiger partial charge in [0.1, 0.15) is 0 Å². The molecule has 2 atom stereocenters. The number of aliphatic hydroxyl groups is 1. The number of phosphoric acid groups is 1. The summed E-state index contributed by atoms with van der Waals surface area (Å²) in [4.78, 5) is 3.95. The average molecular weight is 322 g/mol. The van der Waals surface area contributed by atoms with Gasteiger partial charge in [-0.2, -0.15) is 0 Å². The lowest BCUT2D eigenvalue weighted by Crippen LogP contribution is -2.17. The van der Waals surface area contributed by atoms with Crippen LogP contribution in [0.2, 0.25) is 0 Å². The minimum absolute atomic E-state index is 0.0172. The van der Waals surface area contributed by atoms with E-state index in [0.29, 0.717) is 6.54 Å². The van der Waals surface area contributed by atoms with Gasteiger partial charge < -0.3 is 10.4 Å². The third-order valence-corrected chi connectivity index (χ3v) is 3.23. The lowest BCUT2D eigenvalue weighted by Gasteiger charge is -2.16. The van der Waals surface area contributed by atoms with E-state index >= 15 is 0 Å². The number of nitrogens with one attached hydrogen (secondary N) is 1. The van der Waals surface area contributed by atoms with Gasteiger partial charge in [0.25, 0.3) is 0 Å². The second-order valence-corrected chi connectivity index (χ2v) is 5.56. The van der Waals surface area contributed by atoms with Gasteiger partial charge in [-0.05, 0) is 7.05 Å². The molecule has 0 rings (SSSR count). The summed E-state index contributed by atoms with van der Waals surface area (Å²) in [5, 5.41) is 11.5. The van der Waals surface area contributed by atoms with Gasteiger partial charge >= 0.3 is 7.82 Å². The second-order valence-electron chi connectivity index (χ2n) is 2.70. The van der Waals surface area contributed by atoms with Crippen molar-refractivity contribution in [2.75, 3.05) is 40.5 Å². The number of rotatable bonds is 10. The Bertz CT molecular complexity index is 219. The van der Waals surface area contributed by atoms with E-state index in [9.17, 15) is 4.57 Å². The molecule has 0 fully saturated rings. The van der Waals surface area contributed by atoms with Crippen LogP contribution in [0.3, 0.4) is 0 Å². The predicted molar refractivity (Wildman–Crippen MR) is 61.3 cm³/mol. The van der Waals surface area contributed by atoms with E-state index in [1.165, 1.54) is 7.11 Å². The summed E-state index contributed by atoms with van der Waals surface area (Å²) < 4.78 is 26.1. The van der Waals surface area contributed by atoms with Crippen LogP contribution < -0.4 is 5.32 Å². The maximum atomic E-state index is 11.8. The molecule has 0 aromatic rings. The second kappa shape index (κ2) is 9.49. The Balaban J connectivity index is 4.05. The van der Waals surface area contributed by atoms with Crippen LogP contribution in [0.1, 0.15) is 0 Å². The zero-order valence-electron chi connectivity index (χ0n) is 9.22. The van der Waals surface area contributed by atoms with Crippen molar-refractivity contribution in [2.24, 2.45) is 0 Å². The first kappa shape index (κ1) is 16.5. The molecular formula is C7H17BrNO6P. The number of hydrogen-bond donors (Lipinski definition) is 2. The molecule has 0 radical (unpaired) electrons. The predicted octanol–water partition coefficient (Wildman–Crippen LogP) is 0.681. The largest absolute Gasteiger partial charge is 0.502 e. The van der Waals surface area contributed by atoms with Gasteiger partial charge in [-0.25, -0.2) is 9.45 Å². The first-order chi connectivity index (χ1) is 7.58. The third-order valence-electron chi connectivity index (χ3n) is 1.38. The van der Waals surface area contributed by atoms with Crippen LogP contribution in [0.25, 0.3) is 0 Å².